The Labute approximate surface area is 134 Å². The highest BCUT2D eigenvalue weighted by Crippen LogP contribution is 2.23. The molecule has 1 N–H and O–H groups in total. The van der Waals surface area contributed by atoms with Gasteiger partial charge in [-0.05, 0) is 24.4 Å². The summed E-state index contributed by atoms with van der Waals surface area (Å²) in [6.07, 6.45) is 2.05. The Morgan fingerprint density at radius 3 is 2.96 bits per heavy atom. The van der Waals surface area contributed by atoms with Gasteiger partial charge >= 0.3 is 0 Å². The van der Waals surface area contributed by atoms with Gasteiger partial charge in [0, 0.05) is 22.2 Å². The van der Waals surface area contributed by atoms with Crippen molar-refractivity contribution in [1.29, 1.82) is 0 Å². The van der Waals surface area contributed by atoms with E-state index < -0.39 is 0 Å². The molecule has 0 saturated carbocycles. The zero-order chi connectivity index (χ0) is 15.8. The number of rotatable bonds is 3. The molecule has 0 atom stereocenters. The fraction of sp³-hybridized carbons (Fsp3) is 0.125. The van der Waals surface area contributed by atoms with Gasteiger partial charge in [-0.2, -0.15) is 0 Å². The quantitative estimate of drug-likeness (QED) is 0.626. The van der Waals surface area contributed by atoms with Gasteiger partial charge in [0.25, 0.3) is 11.4 Å². The standard InChI is InChI=1S/C16H12N4O2S/c1-9-8-17-16(23-9)15-20-19-13(22-15)7-11-6-10-4-2-3-5-12(10)18-14(11)21/h2-6,8H,7H2,1H3,(H,18,21). The average Bonchev–Trinajstić information content (AvgIpc) is 3.17. The maximum atomic E-state index is 12.2. The molecule has 0 aliphatic rings. The van der Waals surface area contributed by atoms with E-state index in [4.69, 9.17) is 4.42 Å². The Bertz CT molecular complexity index is 1050. The van der Waals surface area contributed by atoms with Crippen LogP contribution in [0.2, 0.25) is 0 Å². The number of para-hydroxylation sites is 1. The molecule has 4 rings (SSSR count). The number of aryl methyl sites for hydroxylation is 1. The molecular weight excluding hydrogens is 312 g/mol. The Hall–Kier alpha value is -2.80. The highest BCUT2D eigenvalue weighted by Gasteiger charge is 2.13. The first kappa shape index (κ1) is 13.8. The molecule has 0 spiro atoms. The fourth-order valence-electron chi connectivity index (χ4n) is 2.35. The van der Waals surface area contributed by atoms with E-state index in [1.54, 1.807) is 6.20 Å². The van der Waals surface area contributed by atoms with Crippen LogP contribution >= 0.6 is 11.3 Å². The molecule has 0 unspecified atom stereocenters. The summed E-state index contributed by atoms with van der Waals surface area (Å²) >= 11 is 1.49. The Balaban J connectivity index is 1.67. The van der Waals surface area contributed by atoms with Crippen molar-refractivity contribution in [3.8, 4) is 10.9 Å². The van der Waals surface area contributed by atoms with Gasteiger partial charge in [-0.25, -0.2) is 4.98 Å². The van der Waals surface area contributed by atoms with Gasteiger partial charge < -0.3 is 9.40 Å². The van der Waals surface area contributed by atoms with Crippen LogP contribution in [0.15, 0.2) is 45.7 Å². The topological polar surface area (TPSA) is 84.7 Å². The highest BCUT2D eigenvalue weighted by molar-refractivity contribution is 7.14. The first-order valence-corrected chi connectivity index (χ1v) is 7.87. The predicted octanol–water partition coefficient (Wildman–Crippen LogP) is 2.93. The Morgan fingerprint density at radius 2 is 2.13 bits per heavy atom. The molecule has 0 bridgehead atoms. The molecule has 0 radical (unpaired) electrons. The van der Waals surface area contributed by atoms with Crippen molar-refractivity contribution in [3.05, 3.63) is 63.2 Å². The molecule has 0 aliphatic heterocycles. The molecule has 7 heteroatoms. The first-order chi connectivity index (χ1) is 11.2. The summed E-state index contributed by atoms with van der Waals surface area (Å²) in [5.74, 6) is 0.781. The van der Waals surface area contributed by atoms with E-state index in [9.17, 15) is 4.79 Å². The van der Waals surface area contributed by atoms with E-state index in [1.165, 1.54) is 11.3 Å². The number of H-pyrrole nitrogens is 1. The second kappa shape index (κ2) is 5.44. The Kier molecular flexibility index (Phi) is 3.27. The van der Waals surface area contributed by atoms with E-state index >= 15 is 0 Å². The number of benzene rings is 1. The smallest absolute Gasteiger partial charge is 0.276 e. The summed E-state index contributed by atoms with van der Waals surface area (Å²) in [6.45, 7) is 1.97. The molecule has 6 nitrogen and oxygen atoms in total. The van der Waals surface area contributed by atoms with Crippen LogP contribution in [-0.4, -0.2) is 20.2 Å². The molecular formula is C16H12N4O2S. The molecule has 0 amide bonds. The lowest BCUT2D eigenvalue weighted by atomic mass is 10.1. The first-order valence-electron chi connectivity index (χ1n) is 7.05. The van der Waals surface area contributed by atoms with Crippen LogP contribution < -0.4 is 5.56 Å². The Morgan fingerprint density at radius 1 is 1.26 bits per heavy atom. The number of hydrogen-bond acceptors (Lipinski definition) is 6. The van der Waals surface area contributed by atoms with Gasteiger partial charge in [0.2, 0.25) is 5.89 Å². The van der Waals surface area contributed by atoms with Crippen LogP contribution in [0.3, 0.4) is 0 Å². The molecule has 0 fully saturated rings. The molecule has 1 aromatic carbocycles. The van der Waals surface area contributed by atoms with Crippen LogP contribution in [0, 0.1) is 6.92 Å². The zero-order valence-electron chi connectivity index (χ0n) is 12.2. The second-order valence-electron chi connectivity index (χ2n) is 5.16. The van der Waals surface area contributed by atoms with E-state index in [2.05, 4.69) is 20.2 Å². The summed E-state index contributed by atoms with van der Waals surface area (Å²) in [5, 5.41) is 9.68. The van der Waals surface area contributed by atoms with Crippen molar-refractivity contribution in [2.45, 2.75) is 13.3 Å². The maximum absolute atomic E-state index is 12.2. The zero-order valence-corrected chi connectivity index (χ0v) is 13.1. The van der Waals surface area contributed by atoms with Crippen LogP contribution in [0.4, 0.5) is 0 Å². The summed E-state index contributed by atoms with van der Waals surface area (Å²) in [4.78, 5) is 20.3. The lowest BCUT2D eigenvalue weighted by Crippen LogP contribution is -2.12. The van der Waals surface area contributed by atoms with Crippen LogP contribution in [0.1, 0.15) is 16.3 Å². The van der Waals surface area contributed by atoms with Crippen molar-refractivity contribution in [1.82, 2.24) is 20.2 Å². The largest absolute Gasteiger partial charge is 0.418 e. The van der Waals surface area contributed by atoms with Crippen molar-refractivity contribution >= 4 is 22.2 Å². The molecule has 3 heterocycles. The average molecular weight is 324 g/mol. The van der Waals surface area contributed by atoms with Gasteiger partial charge in [-0.3, -0.25) is 4.79 Å². The van der Waals surface area contributed by atoms with E-state index in [0.717, 1.165) is 15.8 Å². The minimum atomic E-state index is -0.145. The third-order valence-corrected chi connectivity index (χ3v) is 4.34. The highest BCUT2D eigenvalue weighted by atomic mass is 32.1. The monoisotopic (exact) mass is 324 g/mol. The number of nitrogens with one attached hydrogen (secondary N) is 1. The normalized spacial score (nSPS) is 11.2. The van der Waals surface area contributed by atoms with Gasteiger partial charge in [0.1, 0.15) is 0 Å². The third kappa shape index (κ3) is 2.66. The summed E-state index contributed by atoms with van der Waals surface area (Å²) < 4.78 is 5.63. The fourth-order valence-corrected chi connectivity index (χ4v) is 3.04. The summed E-state index contributed by atoms with van der Waals surface area (Å²) in [7, 11) is 0. The molecule has 4 aromatic rings. The number of hydrogen-bond donors (Lipinski definition) is 1. The van der Waals surface area contributed by atoms with Crippen LogP contribution in [-0.2, 0) is 6.42 Å². The molecule has 3 aromatic heterocycles. The lowest BCUT2D eigenvalue weighted by Gasteiger charge is -2.00. The molecule has 114 valence electrons. The maximum Gasteiger partial charge on any atom is 0.276 e. The number of pyridine rings is 1. The van der Waals surface area contributed by atoms with E-state index in [-0.39, 0.29) is 12.0 Å². The molecule has 0 aliphatic carbocycles. The van der Waals surface area contributed by atoms with Gasteiger partial charge in [-0.15, -0.1) is 21.5 Å². The SMILES string of the molecule is Cc1cnc(-c2nnc(Cc3cc4ccccc4[nH]c3=O)o2)s1. The lowest BCUT2D eigenvalue weighted by molar-refractivity contribution is 0.517. The van der Waals surface area contributed by atoms with Crippen molar-refractivity contribution < 1.29 is 4.42 Å². The number of fused-ring (bicyclic) bond motifs is 1. The van der Waals surface area contributed by atoms with Gasteiger partial charge in [-0.1, -0.05) is 18.2 Å². The predicted molar refractivity (Wildman–Crippen MR) is 87.5 cm³/mol. The molecule has 0 saturated heterocycles. The van der Waals surface area contributed by atoms with Crippen molar-refractivity contribution in [3.63, 3.8) is 0 Å². The van der Waals surface area contributed by atoms with Crippen molar-refractivity contribution in [2.24, 2.45) is 0 Å². The van der Waals surface area contributed by atoms with Gasteiger partial charge in [0.15, 0.2) is 5.01 Å². The van der Waals surface area contributed by atoms with Crippen LogP contribution in [0.5, 0.6) is 0 Å². The van der Waals surface area contributed by atoms with E-state index in [1.807, 2.05) is 37.3 Å². The second-order valence-corrected chi connectivity index (χ2v) is 6.40. The number of aromatic nitrogens is 4. The summed E-state index contributed by atoms with van der Waals surface area (Å²) in [6, 6.07) is 9.49. The minimum Gasteiger partial charge on any atom is -0.418 e. The number of nitrogens with zero attached hydrogens (tertiary/aromatic N) is 3. The van der Waals surface area contributed by atoms with E-state index in [0.29, 0.717) is 22.4 Å². The number of thiazole rings is 1. The number of aromatic amines is 1. The summed E-state index contributed by atoms with van der Waals surface area (Å²) in [5.41, 5.74) is 1.26. The molecule has 23 heavy (non-hydrogen) atoms. The third-order valence-electron chi connectivity index (χ3n) is 3.44. The minimum absolute atomic E-state index is 0.145. The van der Waals surface area contributed by atoms with Gasteiger partial charge in [0.05, 0.1) is 6.42 Å². The van der Waals surface area contributed by atoms with Crippen LogP contribution in [0.25, 0.3) is 21.8 Å². The van der Waals surface area contributed by atoms with Crippen molar-refractivity contribution in [2.75, 3.05) is 0 Å².